The number of anilines is 2. The van der Waals surface area contributed by atoms with Gasteiger partial charge < -0.3 is 25.3 Å². The van der Waals surface area contributed by atoms with E-state index in [9.17, 15) is 0 Å². The number of aromatic nitrogens is 2. The average Bonchev–Trinajstić information content (AvgIpc) is 2.94. The van der Waals surface area contributed by atoms with Crippen LogP contribution >= 0.6 is 0 Å². The van der Waals surface area contributed by atoms with E-state index < -0.39 is 0 Å². The number of nitrogens with two attached hydrogens (primary N) is 1. The third kappa shape index (κ3) is 3.94. The number of ether oxygens (including phenoxy) is 3. The largest absolute Gasteiger partial charge is 0.474 e. The molecule has 1 atom stereocenters. The predicted molar refractivity (Wildman–Crippen MR) is 76.0 cm³/mol. The zero-order valence-corrected chi connectivity index (χ0v) is 12.0. The Morgan fingerprint density at radius 3 is 2.95 bits per heavy atom. The molecule has 1 aromatic heterocycles. The number of aryl methyl sites for hydroxylation is 1. The van der Waals surface area contributed by atoms with Crippen molar-refractivity contribution in [1.82, 2.24) is 9.97 Å². The number of methoxy groups -OCH3 is 1. The summed E-state index contributed by atoms with van der Waals surface area (Å²) in [6.07, 6.45) is 2.40. The van der Waals surface area contributed by atoms with Crippen LogP contribution in [-0.2, 0) is 9.47 Å². The first-order valence-electron chi connectivity index (χ1n) is 6.82. The Balaban J connectivity index is 1.99. The van der Waals surface area contributed by atoms with E-state index in [0.717, 1.165) is 19.4 Å². The maximum atomic E-state index is 6.03. The van der Waals surface area contributed by atoms with Gasteiger partial charge in [0, 0.05) is 20.3 Å². The quantitative estimate of drug-likeness (QED) is 0.720. The highest BCUT2D eigenvalue weighted by atomic mass is 16.5. The van der Waals surface area contributed by atoms with Crippen molar-refractivity contribution in [3.05, 3.63) is 5.82 Å². The van der Waals surface area contributed by atoms with Crippen molar-refractivity contribution in [3.8, 4) is 5.88 Å². The zero-order chi connectivity index (χ0) is 14.4. The van der Waals surface area contributed by atoms with E-state index in [4.69, 9.17) is 19.9 Å². The normalized spacial score (nSPS) is 18.2. The predicted octanol–water partition coefficient (Wildman–Crippen LogP) is 0.983. The molecule has 0 aromatic carbocycles. The van der Waals surface area contributed by atoms with Crippen LogP contribution in [0.1, 0.15) is 18.7 Å². The number of nitrogens with one attached hydrogen (secondary N) is 1. The summed E-state index contributed by atoms with van der Waals surface area (Å²) >= 11 is 0. The molecule has 0 radical (unpaired) electrons. The second kappa shape index (κ2) is 7.25. The summed E-state index contributed by atoms with van der Waals surface area (Å²) in [6.45, 7) is 4.22. The van der Waals surface area contributed by atoms with Crippen LogP contribution in [0.15, 0.2) is 0 Å². The molecule has 1 aromatic rings. The highest BCUT2D eigenvalue weighted by Gasteiger charge is 2.17. The standard InChI is InChI=1S/C13H22N4O3/c1-9-16-12(15-8-10-4-3-5-19-10)11(14)13(17-9)20-7-6-18-2/h10H,3-8,14H2,1-2H3,(H,15,16,17). The molecule has 20 heavy (non-hydrogen) atoms. The van der Waals surface area contributed by atoms with Crippen LogP contribution in [0.4, 0.5) is 11.5 Å². The van der Waals surface area contributed by atoms with Gasteiger partial charge in [0.05, 0.1) is 12.7 Å². The van der Waals surface area contributed by atoms with Crippen molar-refractivity contribution in [2.75, 3.05) is 44.5 Å². The zero-order valence-electron chi connectivity index (χ0n) is 12.0. The number of rotatable bonds is 7. The number of nitrogens with zero attached hydrogens (tertiary/aromatic N) is 2. The molecule has 2 heterocycles. The van der Waals surface area contributed by atoms with Gasteiger partial charge in [0.2, 0.25) is 5.88 Å². The summed E-state index contributed by atoms with van der Waals surface area (Å²) in [6, 6.07) is 0. The Bertz CT molecular complexity index is 436. The fourth-order valence-corrected chi connectivity index (χ4v) is 2.04. The third-order valence-electron chi connectivity index (χ3n) is 3.07. The molecule has 1 fully saturated rings. The van der Waals surface area contributed by atoms with Crippen molar-refractivity contribution >= 4 is 11.5 Å². The lowest BCUT2D eigenvalue weighted by atomic mass is 10.2. The molecule has 2 rings (SSSR count). The monoisotopic (exact) mass is 282 g/mol. The molecule has 0 saturated carbocycles. The lowest BCUT2D eigenvalue weighted by Gasteiger charge is -2.15. The molecule has 1 aliphatic heterocycles. The van der Waals surface area contributed by atoms with Crippen LogP contribution in [0.25, 0.3) is 0 Å². The molecule has 1 unspecified atom stereocenters. The second-order valence-electron chi connectivity index (χ2n) is 4.70. The molecule has 0 amide bonds. The van der Waals surface area contributed by atoms with Crippen molar-refractivity contribution in [2.45, 2.75) is 25.9 Å². The van der Waals surface area contributed by atoms with Gasteiger partial charge in [-0.1, -0.05) is 0 Å². The fraction of sp³-hybridized carbons (Fsp3) is 0.692. The number of hydrogen-bond acceptors (Lipinski definition) is 7. The Morgan fingerprint density at radius 2 is 2.25 bits per heavy atom. The SMILES string of the molecule is COCCOc1nc(C)nc(NCC2CCCO2)c1N. The van der Waals surface area contributed by atoms with Crippen LogP contribution in [0.3, 0.4) is 0 Å². The van der Waals surface area contributed by atoms with Crippen molar-refractivity contribution < 1.29 is 14.2 Å². The highest BCUT2D eigenvalue weighted by Crippen LogP contribution is 2.26. The van der Waals surface area contributed by atoms with Crippen molar-refractivity contribution in [2.24, 2.45) is 0 Å². The van der Waals surface area contributed by atoms with Gasteiger partial charge in [-0.25, -0.2) is 4.98 Å². The summed E-state index contributed by atoms with van der Waals surface area (Å²) in [5.41, 5.74) is 6.45. The van der Waals surface area contributed by atoms with E-state index in [1.54, 1.807) is 14.0 Å². The highest BCUT2D eigenvalue weighted by molar-refractivity contribution is 5.66. The molecule has 7 heteroatoms. The summed E-state index contributed by atoms with van der Waals surface area (Å²) in [7, 11) is 1.62. The van der Waals surface area contributed by atoms with Gasteiger partial charge in [-0.2, -0.15) is 4.98 Å². The Hall–Kier alpha value is -1.60. The van der Waals surface area contributed by atoms with E-state index in [1.165, 1.54) is 0 Å². The van der Waals surface area contributed by atoms with Gasteiger partial charge >= 0.3 is 0 Å². The topological polar surface area (TPSA) is 91.5 Å². The van der Waals surface area contributed by atoms with E-state index in [0.29, 0.717) is 43.0 Å². The first-order chi connectivity index (χ1) is 9.70. The molecule has 1 aliphatic rings. The Kier molecular flexibility index (Phi) is 5.37. The van der Waals surface area contributed by atoms with E-state index in [-0.39, 0.29) is 6.10 Å². The maximum absolute atomic E-state index is 6.03. The first kappa shape index (κ1) is 14.8. The summed E-state index contributed by atoms with van der Waals surface area (Å²) in [4.78, 5) is 8.51. The Labute approximate surface area is 118 Å². The van der Waals surface area contributed by atoms with Crippen LogP contribution in [0.5, 0.6) is 5.88 Å². The molecule has 0 bridgehead atoms. The van der Waals surface area contributed by atoms with Crippen molar-refractivity contribution in [3.63, 3.8) is 0 Å². The number of hydrogen-bond donors (Lipinski definition) is 2. The average molecular weight is 282 g/mol. The first-order valence-corrected chi connectivity index (χ1v) is 6.82. The van der Waals surface area contributed by atoms with Crippen LogP contribution in [-0.4, -0.2) is 49.5 Å². The lowest BCUT2D eigenvalue weighted by molar-refractivity contribution is 0.120. The van der Waals surface area contributed by atoms with Crippen LogP contribution in [0.2, 0.25) is 0 Å². The van der Waals surface area contributed by atoms with E-state index >= 15 is 0 Å². The van der Waals surface area contributed by atoms with Gasteiger partial charge in [-0.15, -0.1) is 0 Å². The minimum absolute atomic E-state index is 0.225. The minimum atomic E-state index is 0.225. The second-order valence-corrected chi connectivity index (χ2v) is 4.70. The summed E-state index contributed by atoms with van der Waals surface area (Å²) in [5, 5.41) is 3.21. The van der Waals surface area contributed by atoms with E-state index in [1.807, 2.05) is 0 Å². The molecule has 0 aliphatic carbocycles. The van der Waals surface area contributed by atoms with E-state index in [2.05, 4.69) is 15.3 Å². The van der Waals surface area contributed by atoms with Crippen LogP contribution in [0, 0.1) is 6.92 Å². The summed E-state index contributed by atoms with van der Waals surface area (Å²) < 4.78 is 16.0. The number of nitrogen functional groups attached to an aromatic ring is 1. The summed E-state index contributed by atoms with van der Waals surface area (Å²) in [5.74, 6) is 1.60. The molecule has 7 nitrogen and oxygen atoms in total. The lowest BCUT2D eigenvalue weighted by Crippen LogP contribution is -2.20. The van der Waals surface area contributed by atoms with Gasteiger partial charge in [0.15, 0.2) is 5.82 Å². The van der Waals surface area contributed by atoms with Crippen LogP contribution < -0.4 is 15.8 Å². The molecular weight excluding hydrogens is 260 g/mol. The smallest absolute Gasteiger partial charge is 0.242 e. The van der Waals surface area contributed by atoms with Gasteiger partial charge in [-0.3, -0.25) is 0 Å². The third-order valence-corrected chi connectivity index (χ3v) is 3.07. The van der Waals surface area contributed by atoms with Gasteiger partial charge in [0.25, 0.3) is 0 Å². The maximum Gasteiger partial charge on any atom is 0.242 e. The molecule has 0 spiro atoms. The fourth-order valence-electron chi connectivity index (χ4n) is 2.04. The molecular formula is C13H22N4O3. The molecule has 3 N–H and O–H groups in total. The molecule has 1 saturated heterocycles. The Morgan fingerprint density at radius 1 is 1.40 bits per heavy atom. The van der Waals surface area contributed by atoms with Crippen molar-refractivity contribution in [1.29, 1.82) is 0 Å². The van der Waals surface area contributed by atoms with Gasteiger partial charge in [0.1, 0.15) is 18.1 Å². The van der Waals surface area contributed by atoms with Gasteiger partial charge in [-0.05, 0) is 19.8 Å². The molecule has 112 valence electrons. The minimum Gasteiger partial charge on any atom is -0.474 e.